The Morgan fingerprint density at radius 2 is 2.28 bits per heavy atom. The van der Waals surface area contributed by atoms with Crippen LogP contribution in [0, 0.1) is 11.3 Å². The molecular formula is C13H16N2O3. The van der Waals surface area contributed by atoms with Crippen molar-refractivity contribution in [3.63, 3.8) is 0 Å². The maximum Gasteiger partial charge on any atom is 0.250 e. The smallest absolute Gasteiger partial charge is 0.250 e. The number of nitrogens with one attached hydrogen (secondary N) is 1. The van der Waals surface area contributed by atoms with Gasteiger partial charge in [0.1, 0.15) is 24.1 Å². The average molecular weight is 248 g/mol. The summed E-state index contributed by atoms with van der Waals surface area (Å²) in [7, 11) is 1.49. The van der Waals surface area contributed by atoms with E-state index in [9.17, 15) is 4.79 Å². The van der Waals surface area contributed by atoms with Crippen LogP contribution in [0.1, 0.15) is 18.9 Å². The first-order valence-corrected chi connectivity index (χ1v) is 5.67. The van der Waals surface area contributed by atoms with Crippen LogP contribution in [0.2, 0.25) is 0 Å². The van der Waals surface area contributed by atoms with E-state index in [0.717, 1.165) is 6.42 Å². The van der Waals surface area contributed by atoms with Crippen LogP contribution in [0.3, 0.4) is 0 Å². The number of ether oxygens (including phenoxy) is 2. The number of methoxy groups -OCH3 is 1. The summed E-state index contributed by atoms with van der Waals surface area (Å²) in [6, 6.07) is 7.00. The molecule has 5 heteroatoms. The molecule has 0 bridgehead atoms. The van der Waals surface area contributed by atoms with Crippen molar-refractivity contribution in [1.82, 2.24) is 0 Å². The van der Waals surface area contributed by atoms with Crippen LogP contribution in [0.4, 0.5) is 5.69 Å². The van der Waals surface area contributed by atoms with Gasteiger partial charge in [0.2, 0.25) is 0 Å². The second-order valence-corrected chi connectivity index (χ2v) is 3.60. The van der Waals surface area contributed by atoms with Crippen LogP contribution in [-0.4, -0.2) is 26.2 Å². The number of amides is 1. The van der Waals surface area contributed by atoms with Crippen LogP contribution in [0.15, 0.2) is 18.2 Å². The van der Waals surface area contributed by atoms with E-state index in [1.165, 1.54) is 7.11 Å². The zero-order valence-corrected chi connectivity index (χ0v) is 10.5. The van der Waals surface area contributed by atoms with Gasteiger partial charge in [0.25, 0.3) is 5.91 Å². The zero-order valence-electron chi connectivity index (χ0n) is 10.5. The largest absolute Gasteiger partial charge is 0.495 e. The maximum absolute atomic E-state index is 11.6. The fourth-order valence-corrected chi connectivity index (χ4v) is 1.41. The number of carbonyl (C=O) groups is 1. The molecule has 18 heavy (non-hydrogen) atoms. The lowest BCUT2D eigenvalue weighted by atomic mass is 10.2. The van der Waals surface area contributed by atoms with E-state index in [-0.39, 0.29) is 12.5 Å². The minimum Gasteiger partial charge on any atom is -0.495 e. The lowest BCUT2D eigenvalue weighted by Gasteiger charge is -2.11. The lowest BCUT2D eigenvalue weighted by molar-refractivity contribution is -0.120. The molecule has 1 aromatic rings. The fraction of sp³-hybridized carbons (Fsp3) is 0.385. The van der Waals surface area contributed by atoms with Crippen molar-refractivity contribution >= 4 is 11.6 Å². The normalized spacial score (nSPS) is 9.61. The van der Waals surface area contributed by atoms with E-state index in [2.05, 4.69) is 5.32 Å². The van der Waals surface area contributed by atoms with Crippen LogP contribution >= 0.6 is 0 Å². The number of benzene rings is 1. The number of carbonyl (C=O) groups excluding carboxylic acids is 1. The highest BCUT2D eigenvalue weighted by Crippen LogP contribution is 2.27. The Morgan fingerprint density at radius 1 is 1.50 bits per heavy atom. The number of nitriles is 1. The topological polar surface area (TPSA) is 71.3 Å². The SMILES string of the molecule is CCCOCC(=O)Nc1c(C#N)cccc1OC. The van der Waals surface area contributed by atoms with Crippen LogP contribution in [0.5, 0.6) is 5.75 Å². The quantitative estimate of drug-likeness (QED) is 0.781. The Kier molecular flexibility index (Phi) is 5.68. The number of hydrogen-bond donors (Lipinski definition) is 1. The van der Waals surface area contributed by atoms with Gasteiger partial charge in [-0.05, 0) is 18.6 Å². The Labute approximate surface area is 106 Å². The molecule has 0 unspecified atom stereocenters. The Bertz CT molecular complexity index is 452. The summed E-state index contributed by atoms with van der Waals surface area (Å²) in [6.07, 6.45) is 0.853. The van der Waals surface area contributed by atoms with E-state index in [1.807, 2.05) is 13.0 Å². The van der Waals surface area contributed by atoms with Gasteiger partial charge in [-0.25, -0.2) is 0 Å². The molecule has 0 saturated heterocycles. The first-order chi connectivity index (χ1) is 8.72. The van der Waals surface area contributed by atoms with Crippen LogP contribution < -0.4 is 10.1 Å². The zero-order chi connectivity index (χ0) is 13.4. The molecule has 1 aromatic carbocycles. The maximum atomic E-state index is 11.6. The molecule has 0 radical (unpaired) electrons. The molecule has 0 saturated carbocycles. The van der Waals surface area contributed by atoms with Gasteiger partial charge in [-0.2, -0.15) is 5.26 Å². The standard InChI is InChI=1S/C13H16N2O3/c1-3-7-18-9-12(16)15-13-10(8-14)5-4-6-11(13)17-2/h4-6H,3,7,9H2,1-2H3,(H,15,16). The van der Waals surface area contributed by atoms with Crippen molar-refractivity contribution in [1.29, 1.82) is 5.26 Å². The van der Waals surface area contributed by atoms with Gasteiger partial charge in [-0.3, -0.25) is 4.79 Å². The molecule has 0 aliphatic heterocycles. The van der Waals surface area contributed by atoms with Crippen LogP contribution in [-0.2, 0) is 9.53 Å². The molecule has 0 atom stereocenters. The molecule has 0 aliphatic carbocycles. The van der Waals surface area contributed by atoms with Crippen LogP contribution in [0.25, 0.3) is 0 Å². The molecular weight excluding hydrogens is 232 g/mol. The molecule has 1 amide bonds. The summed E-state index contributed by atoms with van der Waals surface area (Å²) in [5.74, 6) is 0.155. The highest BCUT2D eigenvalue weighted by Gasteiger charge is 2.12. The Balaban J connectivity index is 2.77. The average Bonchev–Trinajstić information content (AvgIpc) is 2.39. The van der Waals surface area contributed by atoms with Gasteiger partial charge in [0.05, 0.1) is 12.7 Å². The van der Waals surface area contributed by atoms with E-state index in [0.29, 0.717) is 23.6 Å². The summed E-state index contributed by atoms with van der Waals surface area (Å²) < 4.78 is 10.2. The second-order valence-electron chi connectivity index (χ2n) is 3.60. The second kappa shape index (κ2) is 7.30. The molecule has 0 aromatic heterocycles. The van der Waals surface area contributed by atoms with Crippen molar-refractivity contribution in [2.45, 2.75) is 13.3 Å². The number of para-hydroxylation sites is 1. The Hall–Kier alpha value is -2.06. The summed E-state index contributed by atoms with van der Waals surface area (Å²) in [5, 5.41) is 11.6. The van der Waals surface area contributed by atoms with E-state index < -0.39 is 0 Å². The third-order valence-electron chi connectivity index (χ3n) is 2.21. The lowest BCUT2D eigenvalue weighted by Crippen LogP contribution is -2.19. The monoisotopic (exact) mass is 248 g/mol. The molecule has 0 aliphatic rings. The van der Waals surface area contributed by atoms with Crippen molar-refractivity contribution in [3.05, 3.63) is 23.8 Å². The van der Waals surface area contributed by atoms with Crippen molar-refractivity contribution < 1.29 is 14.3 Å². The number of rotatable bonds is 6. The molecule has 1 rings (SSSR count). The van der Waals surface area contributed by atoms with E-state index in [4.69, 9.17) is 14.7 Å². The minimum atomic E-state index is -0.301. The molecule has 0 spiro atoms. The number of nitrogens with zero attached hydrogens (tertiary/aromatic N) is 1. The minimum absolute atomic E-state index is 0.0310. The van der Waals surface area contributed by atoms with Gasteiger partial charge < -0.3 is 14.8 Å². The summed E-state index contributed by atoms with van der Waals surface area (Å²) in [6.45, 7) is 2.47. The summed E-state index contributed by atoms with van der Waals surface area (Å²) in [5.41, 5.74) is 0.741. The number of hydrogen-bond acceptors (Lipinski definition) is 4. The molecule has 5 nitrogen and oxygen atoms in total. The predicted octanol–water partition coefficient (Wildman–Crippen LogP) is 1.93. The molecule has 1 N–H and O–H groups in total. The van der Waals surface area contributed by atoms with Crippen molar-refractivity contribution in [3.8, 4) is 11.8 Å². The summed E-state index contributed by atoms with van der Waals surface area (Å²) in [4.78, 5) is 11.6. The van der Waals surface area contributed by atoms with E-state index in [1.54, 1.807) is 18.2 Å². The van der Waals surface area contributed by atoms with Gasteiger partial charge in [0.15, 0.2) is 0 Å². The van der Waals surface area contributed by atoms with Gasteiger partial charge >= 0.3 is 0 Å². The summed E-state index contributed by atoms with van der Waals surface area (Å²) >= 11 is 0. The third-order valence-corrected chi connectivity index (χ3v) is 2.21. The van der Waals surface area contributed by atoms with Gasteiger partial charge in [-0.1, -0.05) is 13.0 Å². The fourth-order valence-electron chi connectivity index (χ4n) is 1.41. The van der Waals surface area contributed by atoms with Gasteiger partial charge in [-0.15, -0.1) is 0 Å². The van der Waals surface area contributed by atoms with Gasteiger partial charge in [0, 0.05) is 6.61 Å². The highest BCUT2D eigenvalue weighted by atomic mass is 16.5. The molecule has 0 heterocycles. The first-order valence-electron chi connectivity index (χ1n) is 5.67. The van der Waals surface area contributed by atoms with Crippen molar-refractivity contribution in [2.75, 3.05) is 25.6 Å². The first kappa shape index (κ1) is 14.0. The molecule has 0 fully saturated rings. The third kappa shape index (κ3) is 3.75. The van der Waals surface area contributed by atoms with E-state index >= 15 is 0 Å². The number of anilines is 1. The highest BCUT2D eigenvalue weighted by molar-refractivity contribution is 5.94. The predicted molar refractivity (Wildman–Crippen MR) is 67.4 cm³/mol. The Morgan fingerprint density at radius 3 is 2.89 bits per heavy atom. The molecule has 96 valence electrons. The van der Waals surface area contributed by atoms with Crippen molar-refractivity contribution in [2.24, 2.45) is 0 Å².